The zero-order chi connectivity index (χ0) is 5.98. The van der Waals surface area contributed by atoms with Crippen molar-refractivity contribution in [1.29, 1.82) is 5.41 Å². The zero-order valence-electron chi connectivity index (χ0n) is 4.72. The Kier molecular flexibility index (Phi) is 1.44. The first-order valence-corrected chi connectivity index (χ1v) is 2.78. The molecule has 0 saturated carbocycles. The molecule has 2 heteroatoms. The Morgan fingerprint density at radius 3 is 2.88 bits per heavy atom. The first kappa shape index (κ1) is 5.51. The highest BCUT2D eigenvalue weighted by Gasteiger charge is 2.11. The van der Waals surface area contributed by atoms with Crippen LogP contribution in [0, 0.1) is 11.3 Å². The fourth-order valence-corrected chi connectivity index (χ4v) is 0.848. The summed E-state index contributed by atoms with van der Waals surface area (Å²) in [5.74, 6) is 0.245. The largest absolute Gasteiger partial charge is 0.330 e. The quantitative estimate of drug-likeness (QED) is 0.475. The van der Waals surface area contributed by atoms with Gasteiger partial charge in [-0.1, -0.05) is 12.2 Å². The van der Waals surface area contributed by atoms with Crippen molar-refractivity contribution in [2.24, 2.45) is 11.7 Å². The third-order valence-electron chi connectivity index (χ3n) is 1.41. The summed E-state index contributed by atoms with van der Waals surface area (Å²) in [7, 11) is 0. The molecule has 0 spiro atoms. The van der Waals surface area contributed by atoms with Crippen LogP contribution in [0.2, 0.25) is 0 Å². The lowest BCUT2D eigenvalue weighted by atomic mass is 10.1. The summed E-state index contributed by atoms with van der Waals surface area (Å²) >= 11 is 0. The number of nitrogens with one attached hydrogen (secondary N) is 1. The Balaban J connectivity index is 2.53. The van der Waals surface area contributed by atoms with Crippen molar-refractivity contribution in [2.75, 3.05) is 6.54 Å². The Labute approximate surface area is 48.9 Å². The van der Waals surface area contributed by atoms with Crippen LogP contribution >= 0.6 is 0 Å². The van der Waals surface area contributed by atoms with Crippen LogP contribution in [0.1, 0.15) is 6.42 Å². The van der Waals surface area contributed by atoms with Crippen molar-refractivity contribution in [3.63, 3.8) is 0 Å². The van der Waals surface area contributed by atoms with E-state index >= 15 is 0 Å². The van der Waals surface area contributed by atoms with Crippen LogP contribution in [-0.4, -0.2) is 12.3 Å². The number of nitrogens with two attached hydrogens (primary N) is 1. The molecule has 1 atom stereocenters. The summed E-state index contributed by atoms with van der Waals surface area (Å²) in [6, 6.07) is 0. The average molecular weight is 110 g/mol. The molecule has 1 aliphatic rings. The van der Waals surface area contributed by atoms with Crippen molar-refractivity contribution in [3.05, 3.63) is 12.2 Å². The lowest BCUT2D eigenvalue weighted by molar-refractivity contribution is 0.865. The van der Waals surface area contributed by atoms with Crippen molar-refractivity contribution >= 4 is 5.71 Å². The minimum absolute atomic E-state index is 0.245. The van der Waals surface area contributed by atoms with E-state index in [-0.39, 0.29) is 5.92 Å². The molecule has 0 aromatic rings. The smallest absolute Gasteiger partial charge is 0.0271 e. The molecule has 8 heavy (non-hydrogen) atoms. The van der Waals surface area contributed by atoms with Crippen LogP contribution in [0.4, 0.5) is 0 Å². The molecule has 44 valence electrons. The summed E-state index contributed by atoms with van der Waals surface area (Å²) in [6.45, 7) is 0.593. The van der Waals surface area contributed by atoms with Gasteiger partial charge in [0, 0.05) is 24.6 Å². The Morgan fingerprint density at radius 1 is 1.88 bits per heavy atom. The molecule has 1 rings (SSSR count). The molecule has 0 fully saturated rings. The minimum Gasteiger partial charge on any atom is -0.330 e. The summed E-state index contributed by atoms with van der Waals surface area (Å²) in [6.07, 6.45) is 4.81. The number of allylic oxidation sites excluding steroid dienone is 1. The third-order valence-corrected chi connectivity index (χ3v) is 1.41. The Bertz CT molecular complexity index is 126. The van der Waals surface area contributed by atoms with Gasteiger partial charge < -0.3 is 11.1 Å². The molecule has 0 aliphatic heterocycles. The van der Waals surface area contributed by atoms with Crippen molar-refractivity contribution < 1.29 is 0 Å². The first-order chi connectivity index (χ1) is 3.84. The van der Waals surface area contributed by atoms with E-state index in [1.54, 1.807) is 0 Å². The lowest BCUT2D eigenvalue weighted by Gasteiger charge is -2.01. The molecule has 0 bridgehead atoms. The van der Waals surface area contributed by atoms with Gasteiger partial charge in [0.1, 0.15) is 0 Å². The van der Waals surface area contributed by atoms with E-state index in [4.69, 9.17) is 11.1 Å². The predicted octanol–water partition coefficient (Wildman–Crippen LogP) is 0.541. The number of rotatable bonds is 1. The number of hydrogen-bond acceptors (Lipinski definition) is 2. The van der Waals surface area contributed by atoms with E-state index in [0.29, 0.717) is 6.54 Å². The molecule has 0 aromatic carbocycles. The summed E-state index contributed by atoms with van der Waals surface area (Å²) in [4.78, 5) is 0. The SMILES string of the molecule is N=C1CC=CC1CN. The minimum atomic E-state index is 0.245. The van der Waals surface area contributed by atoms with E-state index in [1.165, 1.54) is 0 Å². The van der Waals surface area contributed by atoms with Gasteiger partial charge in [-0.15, -0.1) is 0 Å². The van der Waals surface area contributed by atoms with E-state index in [1.807, 2.05) is 12.2 Å². The zero-order valence-corrected chi connectivity index (χ0v) is 4.72. The highest BCUT2D eigenvalue weighted by atomic mass is 14.6. The van der Waals surface area contributed by atoms with Gasteiger partial charge in [0.15, 0.2) is 0 Å². The molecule has 0 aromatic heterocycles. The van der Waals surface area contributed by atoms with Crippen LogP contribution in [0.15, 0.2) is 12.2 Å². The highest BCUT2D eigenvalue weighted by molar-refractivity contribution is 5.89. The second-order valence-corrected chi connectivity index (χ2v) is 2.00. The first-order valence-electron chi connectivity index (χ1n) is 2.78. The van der Waals surface area contributed by atoms with Crippen molar-refractivity contribution in [2.45, 2.75) is 6.42 Å². The molecule has 1 unspecified atom stereocenters. The van der Waals surface area contributed by atoms with Gasteiger partial charge in [0.05, 0.1) is 0 Å². The normalized spacial score (nSPS) is 27.1. The van der Waals surface area contributed by atoms with Crippen molar-refractivity contribution in [3.8, 4) is 0 Å². The van der Waals surface area contributed by atoms with Crippen LogP contribution < -0.4 is 5.73 Å². The summed E-state index contributed by atoms with van der Waals surface area (Å²) in [5.41, 5.74) is 6.09. The fourth-order valence-electron chi connectivity index (χ4n) is 0.848. The standard InChI is InChI=1S/C6H10N2/c7-4-5-2-1-3-6(5)8/h1-2,5,8H,3-4,7H2. The van der Waals surface area contributed by atoms with Gasteiger partial charge >= 0.3 is 0 Å². The molecule has 1 aliphatic carbocycles. The fraction of sp³-hybridized carbons (Fsp3) is 0.500. The van der Waals surface area contributed by atoms with Crippen LogP contribution in [0.25, 0.3) is 0 Å². The summed E-state index contributed by atoms with van der Waals surface area (Å²) < 4.78 is 0. The maximum atomic E-state index is 7.26. The maximum absolute atomic E-state index is 7.26. The topological polar surface area (TPSA) is 49.9 Å². The Morgan fingerprint density at radius 2 is 2.62 bits per heavy atom. The maximum Gasteiger partial charge on any atom is 0.0271 e. The second kappa shape index (κ2) is 2.09. The Hall–Kier alpha value is -0.630. The average Bonchev–Trinajstić information content (AvgIpc) is 2.14. The van der Waals surface area contributed by atoms with Gasteiger partial charge in [-0.05, 0) is 0 Å². The third kappa shape index (κ3) is 0.793. The van der Waals surface area contributed by atoms with E-state index in [9.17, 15) is 0 Å². The van der Waals surface area contributed by atoms with Gasteiger partial charge in [0.25, 0.3) is 0 Å². The molecular formula is C6H10N2. The van der Waals surface area contributed by atoms with E-state index in [2.05, 4.69) is 0 Å². The predicted molar refractivity (Wildman–Crippen MR) is 34.0 cm³/mol. The van der Waals surface area contributed by atoms with Gasteiger partial charge in [0.2, 0.25) is 0 Å². The highest BCUT2D eigenvalue weighted by Crippen LogP contribution is 2.10. The molecule has 0 heterocycles. The van der Waals surface area contributed by atoms with Crippen molar-refractivity contribution in [1.82, 2.24) is 0 Å². The molecular weight excluding hydrogens is 100 g/mol. The monoisotopic (exact) mass is 110 g/mol. The molecule has 0 saturated heterocycles. The number of hydrogen-bond donors (Lipinski definition) is 2. The van der Waals surface area contributed by atoms with Gasteiger partial charge in [-0.2, -0.15) is 0 Å². The molecule has 3 N–H and O–H groups in total. The van der Waals surface area contributed by atoms with Gasteiger partial charge in [-0.25, -0.2) is 0 Å². The van der Waals surface area contributed by atoms with Crippen LogP contribution in [-0.2, 0) is 0 Å². The molecule has 2 nitrogen and oxygen atoms in total. The van der Waals surface area contributed by atoms with Crippen LogP contribution in [0.5, 0.6) is 0 Å². The summed E-state index contributed by atoms with van der Waals surface area (Å²) in [5, 5.41) is 7.26. The molecule has 0 radical (unpaired) electrons. The molecule has 0 amide bonds. The second-order valence-electron chi connectivity index (χ2n) is 2.00. The van der Waals surface area contributed by atoms with Gasteiger partial charge in [-0.3, -0.25) is 0 Å². The lowest BCUT2D eigenvalue weighted by Crippen LogP contribution is -2.16. The van der Waals surface area contributed by atoms with E-state index in [0.717, 1.165) is 12.1 Å². The van der Waals surface area contributed by atoms with Crippen LogP contribution in [0.3, 0.4) is 0 Å². The van der Waals surface area contributed by atoms with E-state index < -0.39 is 0 Å².